The van der Waals surface area contributed by atoms with Crippen molar-refractivity contribution in [3.8, 4) is 0 Å². The zero-order valence-electron chi connectivity index (χ0n) is 19.7. The van der Waals surface area contributed by atoms with Gasteiger partial charge in [0.2, 0.25) is 12.3 Å². The number of rotatable bonds is 10. The van der Waals surface area contributed by atoms with Crippen molar-refractivity contribution in [2.75, 3.05) is 23.8 Å². The largest absolute Gasteiger partial charge is 0.384 e. The van der Waals surface area contributed by atoms with E-state index < -0.39 is 0 Å². The Bertz CT molecular complexity index is 764. The van der Waals surface area contributed by atoms with E-state index in [0.29, 0.717) is 12.8 Å². The zero-order valence-corrected chi connectivity index (χ0v) is 19.7. The van der Waals surface area contributed by atoms with E-state index in [1.807, 2.05) is 7.05 Å². The molecule has 2 aliphatic heterocycles. The van der Waals surface area contributed by atoms with Gasteiger partial charge >= 0.3 is 0 Å². The smallest absolute Gasteiger partial charge is 0.244 e. The highest BCUT2D eigenvalue weighted by Crippen LogP contribution is 2.44. The number of carbonyl (C=O) groups excluding carboxylic acids is 2. The van der Waals surface area contributed by atoms with E-state index in [0.717, 1.165) is 18.7 Å². The topological polar surface area (TPSA) is 73.5 Å². The molecule has 0 radical (unpaired) electrons. The number of hydrogen-bond donors (Lipinski definition) is 3. The highest BCUT2D eigenvalue weighted by atomic mass is 16.2. The van der Waals surface area contributed by atoms with E-state index in [1.54, 1.807) is 0 Å². The molecule has 0 aliphatic carbocycles. The molecule has 2 aliphatic rings. The first-order valence-corrected chi connectivity index (χ1v) is 12.1. The lowest BCUT2D eigenvalue weighted by Crippen LogP contribution is -2.54. The molecule has 6 heteroatoms. The van der Waals surface area contributed by atoms with E-state index >= 15 is 0 Å². The Balaban J connectivity index is 1.88. The van der Waals surface area contributed by atoms with E-state index in [4.69, 9.17) is 0 Å². The van der Waals surface area contributed by atoms with Gasteiger partial charge in [0.1, 0.15) is 12.2 Å². The highest BCUT2D eigenvalue weighted by Gasteiger charge is 2.37. The standard InChI is InChI=1S/C25H40N4O2/c1-5-6-7-8-9-10-11-18-12-13-20-22-19(15-26-23(18)22)14-21(27-16-30)28-25(31)24(17(2)3)29(20)4/h12-13,16-17,19,21,24,26H,5-11,14-15H2,1-4H3,(H,27,30)(H,28,31). The van der Waals surface area contributed by atoms with Gasteiger partial charge in [0.25, 0.3) is 0 Å². The molecule has 2 heterocycles. The van der Waals surface area contributed by atoms with Gasteiger partial charge in [-0.2, -0.15) is 0 Å². The first kappa shape index (κ1) is 23.4. The molecule has 3 unspecified atom stereocenters. The van der Waals surface area contributed by atoms with Gasteiger partial charge in [0.15, 0.2) is 0 Å². The third kappa shape index (κ3) is 5.34. The van der Waals surface area contributed by atoms with Gasteiger partial charge < -0.3 is 20.9 Å². The number of amides is 2. The van der Waals surface area contributed by atoms with Crippen LogP contribution in [0.2, 0.25) is 0 Å². The zero-order chi connectivity index (χ0) is 22.4. The van der Waals surface area contributed by atoms with Crippen LogP contribution in [0.3, 0.4) is 0 Å². The van der Waals surface area contributed by atoms with Crippen LogP contribution in [0.25, 0.3) is 0 Å². The maximum atomic E-state index is 13.1. The molecule has 0 saturated carbocycles. The molecule has 0 saturated heterocycles. The number of benzene rings is 1. The number of carbonyl (C=O) groups is 2. The van der Waals surface area contributed by atoms with Crippen molar-refractivity contribution in [3.63, 3.8) is 0 Å². The second kappa shape index (κ2) is 10.9. The fourth-order valence-corrected chi connectivity index (χ4v) is 5.28. The molecule has 1 aromatic carbocycles. The van der Waals surface area contributed by atoms with Crippen molar-refractivity contribution in [1.29, 1.82) is 0 Å². The van der Waals surface area contributed by atoms with Gasteiger partial charge in [0.05, 0.1) is 0 Å². The molecule has 31 heavy (non-hydrogen) atoms. The van der Waals surface area contributed by atoms with Gasteiger partial charge in [-0.25, -0.2) is 0 Å². The molecular formula is C25H40N4O2. The molecule has 0 spiro atoms. The third-order valence-corrected chi connectivity index (χ3v) is 6.85. The minimum Gasteiger partial charge on any atom is -0.384 e. The van der Waals surface area contributed by atoms with Crippen molar-refractivity contribution < 1.29 is 9.59 Å². The number of hydrogen-bond acceptors (Lipinski definition) is 4. The highest BCUT2D eigenvalue weighted by molar-refractivity contribution is 5.88. The average Bonchev–Trinajstić information content (AvgIpc) is 3.15. The van der Waals surface area contributed by atoms with Crippen molar-refractivity contribution in [1.82, 2.24) is 10.6 Å². The summed E-state index contributed by atoms with van der Waals surface area (Å²) in [7, 11) is 2.02. The van der Waals surface area contributed by atoms with Crippen LogP contribution < -0.4 is 20.9 Å². The fraction of sp³-hybridized carbons (Fsp3) is 0.680. The Morgan fingerprint density at radius 1 is 1.19 bits per heavy atom. The monoisotopic (exact) mass is 428 g/mol. The molecule has 6 nitrogen and oxygen atoms in total. The molecule has 0 aromatic heterocycles. The summed E-state index contributed by atoms with van der Waals surface area (Å²) in [6, 6.07) is 4.17. The number of likely N-dealkylation sites (N-methyl/N-ethyl adjacent to an activating group) is 1. The van der Waals surface area contributed by atoms with E-state index in [-0.39, 0.29) is 30.0 Å². The maximum Gasteiger partial charge on any atom is 0.244 e. The summed E-state index contributed by atoms with van der Waals surface area (Å²) in [6.45, 7) is 7.24. The van der Waals surface area contributed by atoms with Crippen molar-refractivity contribution in [2.24, 2.45) is 5.92 Å². The Labute approximate surface area is 187 Å². The van der Waals surface area contributed by atoms with Crippen LogP contribution in [-0.4, -0.2) is 38.1 Å². The van der Waals surface area contributed by atoms with Crippen LogP contribution in [0, 0.1) is 5.92 Å². The number of anilines is 2. The quantitative estimate of drug-likeness (QED) is 0.387. The number of nitrogens with one attached hydrogen (secondary N) is 3. The minimum absolute atomic E-state index is 0.0327. The molecule has 0 bridgehead atoms. The molecule has 0 fully saturated rings. The van der Waals surface area contributed by atoms with Crippen LogP contribution in [0.15, 0.2) is 12.1 Å². The lowest BCUT2D eigenvalue weighted by Gasteiger charge is -2.33. The third-order valence-electron chi connectivity index (χ3n) is 6.85. The van der Waals surface area contributed by atoms with Crippen molar-refractivity contribution >= 4 is 23.7 Å². The summed E-state index contributed by atoms with van der Waals surface area (Å²) < 4.78 is 0. The number of unbranched alkanes of at least 4 members (excludes halogenated alkanes) is 5. The second-order valence-electron chi connectivity index (χ2n) is 9.51. The Kier molecular flexibility index (Phi) is 8.22. The van der Waals surface area contributed by atoms with Gasteiger partial charge in [0, 0.05) is 36.4 Å². The molecule has 2 amide bonds. The summed E-state index contributed by atoms with van der Waals surface area (Å²) in [5, 5.41) is 9.55. The molecule has 3 rings (SSSR count). The Morgan fingerprint density at radius 2 is 1.94 bits per heavy atom. The summed E-state index contributed by atoms with van der Waals surface area (Å²) in [5.74, 6) is 0.363. The SMILES string of the molecule is CCCCCCCCc1ccc2c3c1NCC3CC(NC=O)NC(=O)C(C(C)C)N2C. The van der Waals surface area contributed by atoms with E-state index in [2.05, 4.69) is 53.8 Å². The van der Waals surface area contributed by atoms with Crippen LogP contribution in [0.1, 0.15) is 82.8 Å². The molecular weight excluding hydrogens is 388 g/mol. The summed E-state index contributed by atoms with van der Waals surface area (Å²) in [4.78, 5) is 26.4. The second-order valence-corrected chi connectivity index (χ2v) is 9.51. The molecule has 1 aromatic rings. The summed E-state index contributed by atoms with van der Waals surface area (Å²) >= 11 is 0. The van der Waals surface area contributed by atoms with Crippen LogP contribution in [0.4, 0.5) is 11.4 Å². The van der Waals surface area contributed by atoms with Crippen LogP contribution >= 0.6 is 0 Å². The van der Waals surface area contributed by atoms with Crippen LogP contribution in [-0.2, 0) is 16.0 Å². The lowest BCUT2D eigenvalue weighted by atomic mass is 9.91. The van der Waals surface area contributed by atoms with Gasteiger partial charge in [-0.15, -0.1) is 0 Å². The van der Waals surface area contributed by atoms with Gasteiger partial charge in [-0.05, 0) is 36.8 Å². The lowest BCUT2D eigenvalue weighted by molar-refractivity contribution is -0.124. The first-order valence-electron chi connectivity index (χ1n) is 12.1. The predicted molar refractivity (Wildman–Crippen MR) is 128 cm³/mol. The fourth-order valence-electron chi connectivity index (χ4n) is 5.28. The summed E-state index contributed by atoms with van der Waals surface area (Å²) in [5.41, 5.74) is 5.08. The Hall–Kier alpha value is -2.24. The van der Waals surface area contributed by atoms with Crippen LogP contribution in [0.5, 0.6) is 0 Å². The molecule has 3 atom stereocenters. The van der Waals surface area contributed by atoms with Crippen molar-refractivity contribution in [2.45, 2.75) is 90.3 Å². The molecule has 172 valence electrons. The predicted octanol–water partition coefficient (Wildman–Crippen LogP) is 4.15. The summed E-state index contributed by atoms with van der Waals surface area (Å²) in [6.07, 6.45) is 9.86. The number of nitrogens with zero attached hydrogens (tertiary/aromatic N) is 1. The van der Waals surface area contributed by atoms with Gasteiger partial charge in [-0.3, -0.25) is 9.59 Å². The van der Waals surface area contributed by atoms with E-state index in [9.17, 15) is 9.59 Å². The number of aryl methyl sites for hydroxylation is 1. The Morgan fingerprint density at radius 3 is 2.65 bits per heavy atom. The normalized spacial score (nSPS) is 22.8. The molecule has 3 N–H and O–H groups in total. The minimum atomic E-state index is -0.356. The maximum absolute atomic E-state index is 13.1. The van der Waals surface area contributed by atoms with Crippen molar-refractivity contribution in [3.05, 3.63) is 23.3 Å². The first-order chi connectivity index (χ1) is 15.0. The van der Waals surface area contributed by atoms with Gasteiger partial charge in [-0.1, -0.05) is 58.9 Å². The van der Waals surface area contributed by atoms with E-state index in [1.165, 1.54) is 55.3 Å². The average molecular weight is 429 g/mol.